The van der Waals surface area contributed by atoms with Gasteiger partial charge in [-0.15, -0.1) is 0 Å². The predicted octanol–water partition coefficient (Wildman–Crippen LogP) is -0.718. The van der Waals surface area contributed by atoms with Crippen molar-refractivity contribution in [3.8, 4) is 0 Å². The van der Waals surface area contributed by atoms with Gasteiger partial charge < -0.3 is 24.8 Å². The lowest BCUT2D eigenvalue weighted by Crippen LogP contribution is -2.54. The van der Waals surface area contributed by atoms with E-state index in [0.29, 0.717) is 5.56 Å². The summed E-state index contributed by atoms with van der Waals surface area (Å²) in [6.45, 7) is -0.203. The lowest BCUT2D eigenvalue weighted by molar-refractivity contribution is -0.251. The molecule has 0 aromatic heterocycles. The summed E-state index contributed by atoms with van der Waals surface area (Å²) in [5.74, 6) is -0.673. The van der Waals surface area contributed by atoms with E-state index < -0.39 is 30.6 Å². The SMILES string of the molecule is O=C(O[C@H]1[C@H](O)[C@H](O)OC[C@H]1O)c1ccccc1. The van der Waals surface area contributed by atoms with Gasteiger partial charge in [0.2, 0.25) is 0 Å². The van der Waals surface area contributed by atoms with Crippen LogP contribution in [-0.2, 0) is 9.47 Å². The summed E-state index contributed by atoms with van der Waals surface area (Å²) in [7, 11) is 0. The number of aliphatic hydroxyl groups is 3. The van der Waals surface area contributed by atoms with E-state index in [-0.39, 0.29) is 6.61 Å². The van der Waals surface area contributed by atoms with Gasteiger partial charge in [-0.25, -0.2) is 4.79 Å². The lowest BCUT2D eigenvalue weighted by Gasteiger charge is -2.34. The molecule has 1 aliphatic heterocycles. The molecular formula is C12H14O6. The minimum absolute atomic E-state index is 0.203. The van der Waals surface area contributed by atoms with E-state index in [1.54, 1.807) is 30.3 Å². The van der Waals surface area contributed by atoms with Crippen molar-refractivity contribution < 1.29 is 29.6 Å². The number of esters is 1. The van der Waals surface area contributed by atoms with Gasteiger partial charge in [0.1, 0.15) is 12.2 Å². The quantitative estimate of drug-likeness (QED) is 0.603. The molecule has 1 aromatic carbocycles. The second-order valence-corrected chi connectivity index (χ2v) is 4.02. The molecule has 0 bridgehead atoms. The molecular weight excluding hydrogens is 240 g/mol. The summed E-state index contributed by atoms with van der Waals surface area (Å²) in [5, 5.41) is 28.4. The molecule has 0 saturated carbocycles. The Labute approximate surface area is 103 Å². The van der Waals surface area contributed by atoms with Crippen LogP contribution in [-0.4, -0.2) is 52.5 Å². The van der Waals surface area contributed by atoms with Gasteiger partial charge >= 0.3 is 5.97 Å². The Morgan fingerprint density at radius 2 is 1.89 bits per heavy atom. The van der Waals surface area contributed by atoms with Crippen LogP contribution in [0.1, 0.15) is 10.4 Å². The number of hydrogen-bond acceptors (Lipinski definition) is 6. The van der Waals surface area contributed by atoms with Gasteiger partial charge in [0, 0.05) is 0 Å². The predicted molar refractivity (Wildman–Crippen MR) is 59.6 cm³/mol. The van der Waals surface area contributed by atoms with E-state index in [9.17, 15) is 20.1 Å². The van der Waals surface area contributed by atoms with E-state index >= 15 is 0 Å². The van der Waals surface area contributed by atoms with Crippen LogP contribution in [0.4, 0.5) is 0 Å². The zero-order chi connectivity index (χ0) is 13.1. The first kappa shape index (κ1) is 13.0. The Balaban J connectivity index is 2.06. The summed E-state index contributed by atoms with van der Waals surface area (Å²) in [4.78, 5) is 11.7. The summed E-state index contributed by atoms with van der Waals surface area (Å²) >= 11 is 0. The van der Waals surface area contributed by atoms with Crippen molar-refractivity contribution in [3.63, 3.8) is 0 Å². The van der Waals surface area contributed by atoms with Crippen molar-refractivity contribution in [2.45, 2.75) is 24.6 Å². The average molecular weight is 254 g/mol. The highest BCUT2D eigenvalue weighted by Crippen LogP contribution is 2.18. The van der Waals surface area contributed by atoms with E-state index in [2.05, 4.69) is 4.74 Å². The van der Waals surface area contributed by atoms with Gasteiger partial charge in [-0.05, 0) is 12.1 Å². The minimum atomic E-state index is -1.47. The van der Waals surface area contributed by atoms with Crippen molar-refractivity contribution in [2.24, 2.45) is 0 Å². The average Bonchev–Trinajstić information content (AvgIpc) is 2.40. The van der Waals surface area contributed by atoms with Crippen LogP contribution in [0.25, 0.3) is 0 Å². The Kier molecular flexibility index (Phi) is 3.93. The lowest BCUT2D eigenvalue weighted by atomic mass is 10.1. The molecule has 6 nitrogen and oxygen atoms in total. The first-order chi connectivity index (χ1) is 8.59. The Morgan fingerprint density at radius 1 is 1.22 bits per heavy atom. The van der Waals surface area contributed by atoms with Crippen LogP contribution in [0.2, 0.25) is 0 Å². The van der Waals surface area contributed by atoms with E-state index in [1.807, 2.05) is 0 Å². The second kappa shape index (κ2) is 5.45. The summed E-state index contributed by atoms with van der Waals surface area (Å²) in [6.07, 6.45) is -5.32. The van der Waals surface area contributed by atoms with Crippen LogP contribution in [0.5, 0.6) is 0 Å². The summed E-state index contributed by atoms with van der Waals surface area (Å²) in [6, 6.07) is 8.19. The maximum Gasteiger partial charge on any atom is 0.338 e. The third kappa shape index (κ3) is 2.68. The smallest absolute Gasteiger partial charge is 0.338 e. The molecule has 0 spiro atoms. The fourth-order valence-corrected chi connectivity index (χ4v) is 1.69. The molecule has 1 saturated heterocycles. The molecule has 0 unspecified atom stereocenters. The van der Waals surface area contributed by atoms with Gasteiger partial charge in [0.25, 0.3) is 0 Å². The largest absolute Gasteiger partial charge is 0.453 e. The molecule has 0 amide bonds. The molecule has 2 rings (SSSR count). The topological polar surface area (TPSA) is 96.2 Å². The highest BCUT2D eigenvalue weighted by molar-refractivity contribution is 5.89. The van der Waals surface area contributed by atoms with Gasteiger partial charge in [-0.2, -0.15) is 0 Å². The third-order valence-electron chi connectivity index (χ3n) is 2.70. The number of carbonyl (C=O) groups is 1. The first-order valence-electron chi connectivity index (χ1n) is 5.51. The zero-order valence-electron chi connectivity index (χ0n) is 9.47. The normalized spacial score (nSPS) is 31.9. The standard InChI is InChI=1S/C12H14O6/c13-8-6-17-12(16)9(14)10(8)18-11(15)7-4-2-1-3-5-7/h1-5,8-10,12-14,16H,6H2/t8-,9+,10-,12-/m1/s1. The van der Waals surface area contributed by atoms with Gasteiger partial charge in [-0.3, -0.25) is 0 Å². The molecule has 0 aliphatic carbocycles. The van der Waals surface area contributed by atoms with Crippen LogP contribution in [0.3, 0.4) is 0 Å². The molecule has 3 N–H and O–H groups in total. The third-order valence-corrected chi connectivity index (χ3v) is 2.70. The zero-order valence-corrected chi connectivity index (χ0v) is 9.47. The van der Waals surface area contributed by atoms with Crippen LogP contribution < -0.4 is 0 Å². The van der Waals surface area contributed by atoms with Gasteiger partial charge in [0.15, 0.2) is 12.4 Å². The van der Waals surface area contributed by atoms with Crippen molar-refractivity contribution in [3.05, 3.63) is 35.9 Å². The van der Waals surface area contributed by atoms with E-state index in [1.165, 1.54) is 0 Å². The maximum atomic E-state index is 11.7. The molecule has 98 valence electrons. The molecule has 18 heavy (non-hydrogen) atoms. The van der Waals surface area contributed by atoms with E-state index in [0.717, 1.165) is 0 Å². The van der Waals surface area contributed by atoms with Crippen LogP contribution in [0, 0.1) is 0 Å². The van der Waals surface area contributed by atoms with Crippen molar-refractivity contribution in [1.29, 1.82) is 0 Å². The highest BCUT2D eigenvalue weighted by Gasteiger charge is 2.40. The minimum Gasteiger partial charge on any atom is -0.453 e. The molecule has 6 heteroatoms. The van der Waals surface area contributed by atoms with Crippen molar-refractivity contribution in [1.82, 2.24) is 0 Å². The molecule has 1 heterocycles. The molecule has 1 aliphatic rings. The molecule has 1 aromatic rings. The fraction of sp³-hybridized carbons (Fsp3) is 0.417. The fourth-order valence-electron chi connectivity index (χ4n) is 1.69. The van der Waals surface area contributed by atoms with Crippen LogP contribution >= 0.6 is 0 Å². The number of aliphatic hydroxyl groups excluding tert-OH is 3. The van der Waals surface area contributed by atoms with E-state index in [4.69, 9.17) is 4.74 Å². The maximum absolute atomic E-state index is 11.7. The number of carbonyl (C=O) groups excluding carboxylic acids is 1. The summed E-state index contributed by atoms with van der Waals surface area (Å²) in [5.41, 5.74) is 0.304. The van der Waals surface area contributed by atoms with Crippen molar-refractivity contribution >= 4 is 5.97 Å². The monoisotopic (exact) mass is 254 g/mol. The Bertz CT molecular complexity index is 406. The number of benzene rings is 1. The second-order valence-electron chi connectivity index (χ2n) is 4.02. The highest BCUT2D eigenvalue weighted by atomic mass is 16.6. The number of hydrogen-bond donors (Lipinski definition) is 3. The van der Waals surface area contributed by atoms with Gasteiger partial charge in [-0.1, -0.05) is 18.2 Å². The number of rotatable bonds is 2. The first-order valence-corrected chi connectivity index (χ1v) is 5.51. The molecule has 1 fully saturated rings. The van der Waals surface area contributed by atoms with Crippen LogP contribution in [0.15, 0.2) is 30.3 Å². The Hall–Kier alpha value is -1.47. The summed E-state index contributed by atoms with van der Waals surface area (Å²) < 4.78 is 9.68. The Morgan fingerprint density at radius 3 is 2.56 bits per heavy atom. The number of ether oxygens (including phenoxy) is 2. The van der Waals surface area contributed by atoms with Crippen molar-refractivity contribution in [2.75, 3.05) is 6.61 Å². The molecule has 0 radical (unpaired) electrons. The molecule has 4 atom stereocenters. The van der Waals surface area contributed by atoms with Gasteiger partial charge in [0.05, 0.1) is 12.2 Å².